The maximum Gasteiger partial charge on any atom is 0.179 e. The Morgan fingerprint density at radius 1 is 0.243 bits per heavy atom. The second kappa shape index (κ2) is 16.1. The van der Waals surface area contributed by atoms with Gasteiger partial charge in [-0.1, -0.05) is 212 Å². The molecule has 14 aromatic rings. The molecule has 14 rings (SSSR count). The van der Waals surface area contributed by atoms with Gasteiger partial charge in [-0.15, -0.1) is 0 Å². The van der Waals surface area contributed by atoms with Gasteiger partial charge in [-0.3, -0.25) is 0 Å². The molecule has 0 bridgehead atoms. The first-order valence-corrected chi connectivity index (χ1v) is 26.2. The SMILES string of the molecule is c1ccc(-n2c3ccccc3c3cccc(-c4ccc5c(c4)c4ccccc4n5-c4cccc5c6ccccc6n(-c6cccc([Si](c7ccccc7)(c7ccccc7)c7ccccc7)c6)c45)c32)cc1. The lowest BCUT2D eigenvalue weighted by molar-refractivity contribution is 1.13. The molecule has 0 saturated carbocycles. The van der Waals surface area contributed by atoms with Crippen LogP contribution in [-0.4, -0.2) is 21.8 Å². The van der Waals surface area contributed by atoms with E-state index in [0.717, 1.165) is 17.1 Å². The Labute approximate surface area is 407 Å². The molecule has 3 heterocycles. The first kappa shape index (κ1) is 40.1. The van der Waals surface area contributed by atoms with E-state index in [1.165, 1.54) is 97.3 Å². The summed E-state index contributed by atoms with van der Waals surface area (Å²) in [6, 6.07) is 101. The predicted molar refractivity (Wildman–Crippen MR) is 299 cm³/mol. The Kier molecular flexibility index (Phi) is 9.23. The highest BCUT2D eigenvalue weighted by atomic mass is 28.3. The van der Waals surface area contributed by atoms with Crippen molar-refractivity contribution in [3.8, 4) is 28.2 Å². The molecule has 0 aliphatic rings. The average molecular weight is 908 g/mol. The highest BCUT2D eigenvalue weighted by Crippen LogP contribution is 2.43. The molecule has 0 saturated heterocycles. The fraction of sp³-hybridized carbons (Fsp3) is 0. The molecule has 4 heteroatoms. The Balaban J connectivity index is 1.02. The third kappa shape index (κ3) is 5.94. The molecule has 70 heavy (non-hydrogen) atoms. The van der Waals surface area contributed by atoms with Crippen molar-refractivity contribution in [1.29, 1.82) is 0 Å². The van der Waals surface area contributed by atoms with Crippen LogP contribution in [0.5, 0.6) is 0 Å². The zero-order valence-corrected chi connectivity index (χ0v) is 39.3. The Hall–Kier alpha value is -8.96. The van der Waals surface area contributed by atoms with Gasteiger partial charge in [-0.2, -0.15) is 0 Å². The number of aromatic nitrogens is 3. The third-order valence-corrected chi connectivity index (χ3v) is 19.5. The lowest BCUT2D eigenvalue weighted by atomic mass is 10.00. The van der Waals surface area contributed by atoms with E-state index in [9.17, 15) is 0 Å². The molecular weight excluding hydrogens is 863 g/mol. The molecular formula is C66H45N3Si. The summed E-state index contributed by atoms with van der Waals surface area (Å²) in [4.78, 5) is 0. The third-order valence-electron chi connectivity index (χ3n) is 14.8. The summed E-state index contributed by atoms with van der Waals surface area (Å²) >= 11 is 0. The number of benzene rings is 11. The minimum Gasteiger partial charge on any atom is -0.309 e. The molecule has 0 fully saturated rings. The zero-order valence-electron chi connectivity index (χ0n) is 38.3. The molecule has 0 radical (unpaired) electrons. The van der Waals surface area contributed by atoms with Crippen molar-refractivity contribution in [2.45, 2.75) is 0 Å². The first-order valence-electron chi connectivity index (χ1n) is 24.2. The van der Waals surface area contributed by atoms with Gasteiger partial charge in [-0.05, 0) is 87.0 Å². The van der Waals surface area contributed by atoms with Gasteiger partial charge in [0.15, 0.2) is 8.07 Å². The van der Waals surface area contributed by atoms with Crippen molar-refractivity contribution in [2.75, 3.05) is 0 Å². The van der Waals surface area contributed by atoms with Crippen LogP contribution in [0.15, 0.2) is 273 Å². The Morgan fingerprint density at radius 3 is 1.26 bits per heavy atom. The quantitative estimate of drug-likeness (QED) is 0.107. The highest BCUT2D eigenvalue weighted by molar-refractivity contribution is 7.19. The van der Waals surface area contributed by atoms with Crippen LogP contribution < -0.4 is 20.7 Å². The van der Waals surface area contributed by atoms with Gasteiger partial charge < -0.3 is 13.7 Å². The van der Waals surface area contributed by atoms with Gasteiger partial charge in [-0.25, -0.2) is 0 Å². The van der Waals surface area contributed by atoms with Crippen LogP contribution in [0.25, 0.3) is 93.6 Å². The average Bonchev–Trinajstić information content (AvgIpc) is 4.09. The van der Waals surface area contributed by atoms with Gasteiger partial charge in [0, 0.05) is 49.3 Å². The topological polar surface area (TPSA) is 14.8 Å². The van der Waals surface area contributed by atoms with Gasteiger partial charge >= 0.3 is 0 Å². The van der Waals surface area contributed by atoms with Gasteiger partial charge in [0.25, 0.3) is 0 Å². The van der Waals surface area contributed by atoms with Crippen LogP contribution in [0.4, 0.5) is 0 Å². The number of hydrogen-bond donors (Lipinski definition) is 0. The summed E-state index contributed by atoms with van der Waals surface area (Å²) in [5.41, 5.74) is 12.9. The molecule has 3 aromatic heterocycles. The van der Waals surface area contributed by atoms with Crippen molar-refractivity contribution >= 4 is 94.2 Å². The molecule has 0 spiro atoms. The van der Waals surface area contributed by atoms with Gasteiger partial charge in [0.1, 0.15) is 0 Å². The standard InChI is InChI=1S/C66H45N3Si/c1-5-22-47(23-6-1)67-60-38-16-13-32-54(60)57-36-20-35-53(65(57)67)46-42-43-63-59(44-46)56-34-15-18-40-62(56)69(63)64-41-21-37-58-55-33-14-17-39-61(55)68(66(58)64)48-24-19-31-52(45-48)70(49-25-7-2-8-26-49,50-27-9-3-10-28-50)51-29-11-4-12-30-51/h1-45H. The van der Waals surface area contributed by atoms with Crippen molar-refractivity contribution in [1.82, 2.24) is 13.7 Å². The van der Waals surface area contributed by atoms with E-state index < -0.39 is 8.07 Å². The lowest BCUT2D eigenvalue weighted by Gasteiger charge is -2.34. The Morgan fingerprint density at radius 2 is 0.657 bits per heavy atom. The Bertz CT molecular complexity index is 4180. The van der Waals surface area contributed by atoms with E-state index in [2.05, 4.69) is 287 Å². The summed E-state index contributed by atoms with van der Waals surface area (Å²) in [6.07, 6.45) is 0. The largest absolute Gasteiger partial charge is 0.309 e. The van der Waals surface area contributed by atoms with E-state index in [4.69, 9.17) is 0 Å². The summed E-state index contributed by atoms with van der Waals surface area (Å²) in [6.45, 7) is 0. The summed E-state index contributed by atoms with van der Waals surface area (Å²) in [5.74, 6) is 0. The van der Waals surface area contributed by atoms with Crippen LogP contribution in [-0.2, 0) is 0 Å². The van der Waals surface area contributed by atoms with Crippen molar-refractivity contribution in [2.24, 2.45) is 0 Å². The van der Waals surface area contributed by atoms with E-state index in [-0.39, 0.29) is 0 Å². The summed E-state index contributed by atoms with van der Waals surface area (Å²) in [7, 11) is -2.82. The number of fused-ring (bicyclic) bond motifs is 9. The zero-order chi connectivity index (χ0) is 46.2. The summed E-state index contributed by atoms with van der Waals surface area (Å²) < 4.78 is 7.48. The normalized spacial score (nSPS) is 12.0. The molecule has 11 aromatic carbocycles. The van der Waals surface area contributed by atoms with Crippen molar-refractivity contribution in [3.05, 3.63) is 273 Å². The molecule has 3 nitrogen and oxygen atoms in total. The molecule has 0 atom stereocenters. The van der Waals surface area contributed by atoms with E-state index in [1.807, 2.05) is 0 Å². The van der Waals surface area contributed by atoms with E-state index >= 15 is 0 Å². The monoisotopic (exact) mass is 907 g/mol. The number of para-hydroxylation sites is 6. The summed E-state index contributed by atoms with van der Waals surface area (Å²) in [5, 5.41) is 12.8. The second-order valence-corrected chi connectivity index (χ2v) is 22.2. The molecule has 0 N–H and O–H groups in total. The van der Waals surface area contributed by atoms with Gasteiger partial charge in [0.05, 0.1) is 38.8 Å². The van der Waals surface area contributed by atoms with Crippen LogP contribution in [0.2, 0.25) is 0 Å². The minimum absolute atomic E-state index is 1.14. The first-order chi connectivity index (χ1) is 34.8. The van der Waals surface area contributed by atoms with Crippen molar-refractivity contribution in [3.63, 3.8) is 0 Å². The second-order valence-electron chi connectivity index (χ2n) is 18.4. The number of rotatable bonds is 8. The molecule has 0 aliphatic heterocycles. The fourth-order valence-electron chi connectivity index (χ4n) is 11.9. The maximum absolute atomic E-state index is 2.82. The van der Waals surface area contributed by atoms with E-state index in [1.54, 1.807) is 0 Å². The van der Waals surface area contributed by atoms with Crippen molar-refractivity contribution < 1.29 is 0 Å². The predicted octanol–water partition coefficient (Wildman–Crippen LogP) is 14.0. The lowest BCUT2D eigenvalue weighted by Crippen LogP contribution is -2.74. The minimum atomic E-state index is -2.82. The fourth-order valence-corrected chi connectivity index (χ4v) is 16.7. The van der Waals surface area contributed by atoms with Crippen LogP contribution >= 0.6 is 0 Å². The molecule has 0 amide bonds. The maximum atomic E-state index is 2.53. The molecule has 328 valence electrons. The van der Waals surface area contributed by atoms with Crippen LogP contribution in [0.3, 0.4) is 0 Å². The smallest absolute Gasteiger partial charge is 0.179 e. The number of hydrogen-bond acceptors (Lipinski definition) is 0. The van der Waals surface area contributed by atoms with E-state index in [0.29, 0.717) is 0 Å². The van der Waals surface area contributed by atoms with Crippen LogP contribution in [0, 0.1) is 0 Å². The molecule has 0 aliphatic carbocycles. The van der Waals surface area contributed by atoms with Gasteiger partial charge in [0.2, 0.25) is 0 Å². The highest BCUT2D eigenvalue weighted by Gasteiger charge is 2.41. The number of nitrogens with zero attached hydrogens (tertiary/aromatic N) is 3. The van der Waals surface area contributed by atoms with Crippen LogP contribution in [0.1, 0.15) is 0 Å². The molecule has 0 unspecified atom stereocenters.